The molecule has 0 bridgehead atoms. The molecule has 0 radical (unpaired) electrons. The maximum atomic E-state index is 13.2. The molecule has 3 aromatic rings. The molecule has 0 aliphatic rings. The molecule has 104 valence electrons. The second kappa shape index (κ2) is 5.41. The SMILES string of the molecule is O=[N+]([O-])c1cccc(-c2csc(-c3cccc(F)c3)n2)c1. The molecule has 0 spiro atoms. The Bertz CT molecular complexity index is 817. The molecular weight excluding hydrogens is 291 g/mol. The first-order valence-electron chi connectivity index (χ1n) is 6.10. The zero-order chi connectivity index (χ0) is 14.8. The fourth-order valence-electron chi connectivity index (χ4n) is 1.94. The molecule has 0 unspecified atom stereocenters. The predicted molar refractivity (Wildman–Crippen MR) is 79.6 cm³/mol. The van der Waals surface area contributed by atoms with E-state index in [0.29, 0.717) is 21.8 Å². The number of aromatic nitrogens is 1. The van der Waals surface area contributed by atoms with E-state index < -0.39 is 4.92 Å². The van der Waals surface area contributed by atoms with E-state index in [-0.39, 0.29) is 11.5 Å². The van der Waals surface area contributed by atoms with Crippen LogP contribution in [0, 0.1) is 15.9 Å². The van der Waals surface area contributed by atoms with Crippen molar-refractivity contribution in [2.24, 2.45) is 0 Å². The number of nitro groups is 1. The van der Waals surface area contributed by atoms with Crippen LogP contribution in [-0.4, -0.2) is 9.91 Å². The van der Waals surface area contributed by atoms with Crippen LogP contribution in [-0.2, 0) is 0 Å². The molecule has 0 amide bonds. The maximum Gasteiger partial charge on any atom is 0.270 e. The van der Waals surface area contributed by atoms with Crippen LogP contribution in [0.2, 0.25) is 0 Å². The van der Waals surface area contributed by atoms with E-state index in [1.165, 1.54) is 35.6 Å². The van der Waals surface area contributed by atoms with Crippen LogP contribution >= 0.6 is 11.3 Å². The summed E-state index contributed by atoms with van der Waals surface area (Å²) in [6.07, 6.45) is 0. The van der Waals surface area contributed by atoms with E-state index >= 15 is 0 Å². The summed E-state index contributed by atoms with van der Waals surface area (Å²) in [5, 5.41) is 13.3. The van der Waals surface area contributed by atoms with E-state index in [1.807, 2.05) is 0 Å². The standard InChI is InChI=1S/C15H9FN2O2S/c16-12-5-1-4-11(7-12)15-17-14(9-21-15)10-3-2-6-13(8-10)18(19)20/h1-9H. The molecule has 3 rings (SSSR count). The third kappa shape index (κ3) is 2.80. The lowest BCUT2D eigenvalue weighted by atomic mass is 10.1. The Labute approximate surface area is 123 Å². The number of non-ortho nitro benzene ring substituents is 1. The van der Waals surface area contributed by atoms with E-state index in [4.69, 9.17) is 0 Å². The average molecular weight is 300 g/mol. The molecule has 2 aromatic carbocycles. The van der Waals surface area contributed by atoms with Crippen molar-refractivity contribution in [2.75, 3.05) is 0 Å². The molecule has 0 saturated heterocycles. The van der Waals surface area contributed by atoms with E-state index in [9.17, 15) is 14.5 Å². The monoisotopic (exact) mass is 300 g/mol. The number of thiazole rings is 1. The van der Waals surface area contributed by atoms with Gasteiger partial charge >= 0.3 is 0 Å². The van der Waals surface area contributed by atoms with Gasteiger partial charge in [0, 0.05) is 28.6 Å². The van der Waals surface area contributed by atoms with E-state index in [2.05, 4.69) is 4.98 Å². The molecule has 0 N–H and O–H groups in total. The van der Waals surface area contributed by atoms with Gasteiger partial charge in [-0.05, 0) is 12.1 Å². The fourth-order valence-corrected chi connectivity index (χ4v) is 2.77. The van der Waals surface area contributed by atoms with Crippen molar-refractivity contribution in [2.45, 2.75) is 0 Å². The second-order valence-corrected chi connectivity index (χ2v) is 5.21. The van der Waals surface area contributed by atoms with Gasteiger partial charge in [-0.25, -0.2) is 9.37 Å². The van der Waals surface area contributed by atoms with Crippen molar-refractivity contribution in [1.29, 1.82) is 0 Å². The van der Waals surface area contributed by atoms with Gasteiger partial charge in [0.2, 0.25) is 0 Å². The van der Waals surface area contributed by atoms with Crippen LogP contribution in [0.25, 0.3) is 21.8 Å². The Balaban J connectivity index is 1.98. The lowest BCUT2D eigenvalue weighted by molar-refractivity contribution is -0.384. The summed E-state index contributed by atoms with van der Waals surface area (Å²) in [4.78, 5) is 14.8. The number of benzene rings is 2. The Morgan fingerprint density at radius 1 is 1.10 bits per heavy atom. The maximum absolute atomic E-state index is 13.2. The third-order valence-corrected chi connectivity index (χ3v) is 3.82. The minimum Gasteiger partial charge on any atom is -0.258 e. The number of hydrogen-bond acceptors (Lipinski definition) is 4. The second-order valence-electron chi connectivity index (χ2n) is 4.36. The van der Waals surface area contributed by atoms with Gasteiger partial charge in [0.1, 0.15) is 10.8 Å². The summed E-state index contributed by atoms with van der Waals surface area (Å²) in [7, 11) is 0. The minimum absolute atomic E-state index is 0.0211. The van der Waals surface area contributed by atoms with Gasteiger partial charge < -0.3 is 0 Å². The quantitative estimate of drug-likeness (QED) is 0.527. The summed E-state index contributed by atoms with van der Waals surface area (Å²) in [5.41, 5.74) is 2.02. The predicted octanol–water partition coefficient (Wildman–Crippen LogP) is 4.52. The van der Waals surface area contributed by atoms with Crippen LogP contribution in [0.3, 0.4) is 0 Å². The van der Waals surface area contributed by atoms with Crippen LogP contribution in [0.5, 0.6) is 0 Å². The minimum atomic E-state index is -0.441. The lowest BCUT2D eigenvalue weighted by Crippen LogP contribution is -1.88. The third-order valence-electron chi connectivity index (χ3n) is 2.93. The van der Waals surface area contributed by atoms with Crippen LogP contribution in [0.15, 0.2) is 53.9 Å². The van der Waals surface area contributed by atoms with Crippen LogP contribution in [0.1, 0.15) is 0 Å². The zero-order valence-corrected chi connectivity index (χ0v) is 11.5. The first kappa shape index (κ1) is 13.4. The highest BCUT2D eigenvalue weighted by Gasteiger charge is 2.11. The summed E-state index contributed by atoms with van der Waals surface area (Å²) in [5.74, 6) is -0.320. The molecule has 21 heavy (non-hydrogen) atoms. The molecule has 0 atom stereocenters. The van der Waals surface area contributed by atoms with Gasteiger partial charge in [0.05, 0.1) is 10.6 Å². The number of halogens is 1. The van der Waals surface area contributed by atoms with Gasteiger partial charge in [0.15, 0.2) is 0 Å². The summed E-state index contributed by atoms with van der Waals surface area (Å²) in [6.45, 7) is 0. The van der Waals surface area contributed by atoms with Crippen molar-refractivity contribution in [3.63, 3.8) is 0 Å². The first-order valence-corrected chi connectivity index (χ1v) is 6.98. The highest BCUT2D eigenvalue weighted by molar-refractivity contribution is 7.13. The van der Waals surface area contributed by atoms with Crippen molar-refractivity contribution >= 4 is 17.0 Å². The molecule has 0 aliphatic carbocycles. The van der Waals surface area contributed by atoms with Crippen LogP contribution < -0.4 is 0 Å². The largest absolute Gasteiger partial charge is 0.270 e. The Morgan fingerprint density at radius 3 is 2.62 bits per heavy atom. The van der Waals surface area contributed by atoms with Crippen molar-refractivity contribution < 1.29 is 9.31 Å². The first-order chi connectivity index (χ1) is 10.1. The average Bonchev–Trinajstić information content (AvgIpc) is 2.97. The number of nitro benzene ring substituents is 1. The zero-order valence-electron chi connectivity index (χ0n) is 10.7. The van der Waals surface area contributed by atoms with Crippen molar-refractivity contribution in [3.8, 4) is 21.8 Å². The number of nitrogens with zero attached hydrogens (tertiary/aromatic N) is 2. The van der Waals surface area contributed by atoms with Gasteiger partial charge in [-0.15, -0.1) is 11.3 Å². The number of hydrogen-bond donors (Lipinski definition) is 0. The number of rotatable bonds is 3. The summed E-state index contributed by atoms with van der Waals surface area (Å²) in [6, 6.07) is 12.5. The normalized spacial score (nSPS) is 10.5. The highest BCUT2D eigenvalue weighted by Crippen LogP contribution is 2.30. The van der Waals surface area contributed by atoms with E-state index in [1.54, 1.807) is 29.6 Å². The highest BCUT2D eigenvalue weighted by atomic mass is 32.1. The topological polar surface area (TPSA) is 56.0 Å². The Hall–Kier alpha value is -2.60. The molecule has 4 nitrogen and oxygen atoms in total. The fraction of sp³-hybridized carbons (Fsp3) is 0. The molecule has 0 fully saturated rings. The smallest absolute Gasteiger partial charge is 0.258 e. The molecule has 1 aromatic heterocycles. The van der Waals surface area contributed by atoms with Gasteiger partial charge in [-0.3, -0.25) is 10.1 Å². The van der Waals surface area contributed by atoms with Crippen LogP contribution in [0.4, 0.5) is 10.1 Å². The lowest BCUT2D eigenvalue weighted by Gasteiger charge is -1.98. The van der Waals surface area contributed by atoms with Crippen molar-refractivity contribution in [1.82, 2.24) is 4.98 Å². The molecule has 0 saturated carbocycles. The Kier molecular flexibility index (Phi) is 3.45. The summed E-state index contributed by atoms with van der Waals surface area (Å²) >= 11 is 1.37. The van der Waals surface area contributed by atoms with E-state index in [0.717, 1.165) is 0 Å². The summed E-state index contributed by atoms with van der Waals surface area (Å²) < 4.78 is 13.2. The van der Waals surface area contributed by atoms with Gasteiger partial charge in [0.25, 0.3) is 5.69 Å². The Morgan fingerprint density at radius 2 is 1.86 bits per heavy atom. The molecule has 1 heterocycles. The molecule has 0 aliphatic heterocycles. The van der Waals surface area contributed by atoms with Gasteiger partial charge in [-0.1, -0.05) is 24.3 Å². The van der Waals surface area contributed by atoms with Gasteiger partial charge in [-0.2, -0.15) is 0 Å². The molecule has 6 heteroatoms. The van der Waals surface area contributed by atoms with Crippen molar-refractivity contribution in [3.05, 3.63) is 69.8 Å². The molecular formula is C15H9FN2O2S.